The normalized spacial score (nSPS) is 12.3. The van der Waals surface area contributed by atoms with Crippen LogP contribution in [0.3, 0.4) is 0 Å². The smallest absolute Gasteiger partial charge is 0.248 e. The van der Waals surface area contributed by atoms with Gasteiger partial charge in [0.2, 0.25) is 15.9 Å². The Morgan fingerprint density at radius 3 is 2.37 bits per heavy atom. The van der Waals surface area contributed by atoms with Crippen LogP contribution in [0.4, 0.5) is 11.4 Å². The van der Waals surface area contributed by atoms with Crippen LogP contribution < -0.4 is 14.4 Å². The molecule has 0 heterocycles. The minimum absolute atomic E-state index is 0.241. The molecule has 0 aromatic heterocycles. The maximum absolute atomic E-state index is 12.8. The van der Waals surface area contributed by atoms with Gasteiger partial charge in [-0.3, -0.25) is 9.10 Å². The van der Waals surface area contributed by atoms with Crippen molar-refractivity contribution in [1.82, 2.24) is 0 Å². The van der Waals surface area contributed by atoms with Gasteiger partial charge in [-0.2, -0.15) is 0 Å². The van der Waals surface area contributed by atoms with Gasteiger partial charge in [-0.15, -0.1) is 0 Å². The van der Waals surface area contributed by atoms with E-state index < -0.39 is 22.0 Å². The maximum Gasteiger partial charge on any atom is 0.248 e. The number of benzene rings is 2. The average molecular weight is 431 g/mol. The number of methoxy groups -OCH3 is 1. The molecule has 0 bridgehead atoms. The van der Waals surface area contributed by atoms with E-state index in [1.807, 2.05) is 0 Å². The van der Waals surface area contributed by atoms with Crippen molar-refractivity contribution < 1.29 is 17.9 Å². The lowest BCUT2D eigenvalue weighted by molar-refractivity contribution is -0.117. The Labute approximate surface area is 169 Å². The molecule has 9 heteroatoms. The van der Waals surface area contributed by atoms with E-state index in [9.17, 15) is 13.2 Å². The highest BCUT2D eigenvalue weighted by Gasteiger charge is 2.32. The summed E-state index contributed by atoms with van der Waals surface area (Å²) in [7, 11) is -2.31. The van der Waals surface area contributed by atoms with E-state index in [1.54, 1.807) is 37.3 Å². The molecule has 0 saturated carbocycles. The summed E-state index contributed by atoms with van der Waals surface area (Å²) in [6.07, 6.45) is 1.28. The molecule has 27 heavy (non-hydrogen) atoms. The summed E-state index contributed by atoms with van der Waals surface area (Å²) in [6.45, 7) is 1.72. The van der Waals surface area contributed by atoms with Crippen molar-refractivity contribution in [1.29, 1.82) is 0 Å². The number of rotatable bonds is 7. The summed E-state index contributed by atoms with van der Waals surface area (Å²) in [5.74, 6) is -0.0922. The van der Waals surface area contributed by atoms with Crippen molar-refractivity contribution in [3.05, 3.63) is 52.5 Å². The molecule has 0 aliphatic carbocycles. The van der Waals surface area contributed by atoms with E-state index >= 15 is 0 Å². The topological polar surface area (TPSA) is 75.7 Å². The lowest BCUT2D eigenvalue weighted by Crippen LogP contribution is -2.47. The van der Waals surface area contributed by atoms with Crippen LogP contribution in [-0.4, -0.2) is 33.7 Å². The number of hydrogen-bond acceptors (Lipinski definition) is 4. The Bertz CT molecular complexity index is 935. The first-order chi connectivity index (χ1) is 12.7. The molecule has 0 radical (unpaired) electrons. The van der Waals surface area contributed by atoms with E-state index in [1.165, 1.54) is 19.2 Å². The van der Waals surface area contributed by atoms with Crippen molar-refractivity contribution >= 4 is 50.5 Å². The second kappa shape index (κ2) is 8.82. The molecular weight excluding hydrogens is 411 g/mol. The molecule has 0 saturated heterocycles. The molecule has 2 rings (SSSR count). The van der Waals surface area contributed by atoms with Crippen LogP contribution in [0.5, 0.6) is 5.75 Å². The highest BCUT2D eigenvalue weighted by molar-refractivity contribution is 7.92. The summed E-state index contributed by atoms with van der Waals surface area (Å²) in [6, 6.07) is 10.3. The zero-order valence-electron chi connectivity index (χ0n) is 15.1. The Kier molecular flexibility index (Phi) is 6.97. The summed E-state index contributed by atoms with van der Waals surface area (Å²) >= 11 is 12.2. The molecule has 0 unspecified atom stereocenters. The Morgan fingerprint density at radius 2 is 1.85 bits per heavy atom. The van der Waals surface area contributed by atoms with Crippen LogP contribution in [0.2, 0.25) is 10.0 Å². The van der Waals surface area contributed by atoms with E-state index in [0.29, 0.717) is 16.5 Å². The van der Waals surface area contributed by atoms with Crippen molar-refractivity contribution in [3.8, 4) is 5.75 Å². The minimum Gasteiger partial charge on any atom is -0.495 e. The van der Waals surface area contributed by atoms with E-state index in [4.69, 9.17) is 27.9 Å². The quantitative estimate of drug-likeness (QED) is 0.714. The second-order valence-electron chi connectivity index (χ2n) is 5.77. The van der Waals surface area contributed by atoms with E-state index in [0.717, 1.165) is 10.6 Å². The highest BCUT2D eigenvalue weighted by Crippen LogP contribution is 2.32. The zero-order valence-corrected chi connectivity index (χ0v) is 17.4. The van der Waals surface area contributed by atoms with Crippen molar-refractivity contribution in [3.63, 3.8) is 0 Å². The molecule has 1 amide bonds. The number of sulfonamides is 1. The van der Waals surface area contributed by atoms with Gasteiger partial charge >= 0.3 is 0 Å². The van der Waals surface area contributed by atoms with Crippen LogP contribution in [0.1, 0.15) is 13.3 Å². The van der Waals surface area contributed by atoms with Gasteiger partial charge in [-0.1, -0.05) is 42.3 Å². The fraction of sp³-hybridized carbons (Fsp3) is 0.278. The first-order valence-electron chi connectivity index (χ1n) is 8.07. The van der Waals surface area contributed by atoms with Gasteiger partial charge in [0, 0.05) is 0 Å². The van der Waals surface area contributed by atoms with Gasteiger partial charge in [0.15, 0.2) is 0 Å². The molecule has 0 aliphatic heterocycles. The number of amides is 1. The fourth-order valence-electron chi connectivity index (χ4n) is 2.63. The van der Waals surface area contributed by atoms with Crippen LogP contribution in [0.25, 0.3) is 0 Å². The van der Waals surface area contributed by atoms with Crippen molar-refractivity contribution in [2.45, 2.75) is 19.4 Å². The Balaban J connectivity index is 2.43. The number of nitrogens with one attached hydrogen (secondary N) is 1. The number of para-hydroxylation sites is 1. The van der Waals surface area contributed by atoms with Crippen molar-refractivity contribution in [2.75, 3.05) is 23.0 Å². The Morgan fingerprint density at radius 1 is 1.19 bits per heavy atom. The fourth-order valence-corrected chi connectivity index (χ4v) is 4.27. The predicted octanol–water partition coefficient (Wildman–Crippen LogP) is 4.19. The number of ether oxygens (including phenoxy) is 1. The van der Waals surface area contributed by atoms with Gasteiger partial charge in [0.1, 0.15) is 11.8 Å². The van der Waals surface area contributed by atoms with Crippen molar-refractivity contribution in [2.24, 2.45) is 0 Å². The first-order valence-corrected chi connectivity index (χ1v) is 10.7. The van der Waals surface area contributed by atoms with Crippen LogP contribution in [0.15, 0.2) is 42.5 Å². The lowest BCUT2D eigenvalue weighted by Gasteiger charge is -2.30. The zero-order chi connectivity index (χ0) is 20.2. The molecule has 0 spiro atoms. The number of halogens is 2. The summed E-state index contributed by atoms with van der Waals surface area (Å²) in [5.41, 5.74) is 0.674. The summed E-state index contributed by atoms with van der Waals surface area (Å²) < 4.78 is 31.1. The third kappa shape index (κ3) is 5.06. The number of anilines is 2. The average Bonchev–Trinajstić information content (AvgIpc) is 2.60. The summed E-state index contributed by atoms with van der Waals surface area (Å²) in [4.78, 5) is 12.8. The van der Waals surface area contributed by atoms with E-state index in [2.05, 4.69) is 5.32 Å². The summed E-state index contributed by atoms with van der Waals surface area (Å²) in [5, 5.41) is 3.29. The maximum atomic E-state index is 12.8. The van der Waals surface area contributed by atoms with E-state index in [-0.39, 0.29) is 17.1 Å². The van der Waals surface area contributed by atoms with Gasteiger partial charge < -0.3 is 10.1 Å². The third-order valence-electron chi connectivity index (χ3n) is 3.85. The molecular formula is C18H20Cl2N2O4S. The number of hydrogen-bond donors (Lipinski definition) is 1. The molecule has 0 aliphatic rings. The molecule has 2 aromatic rings. The Hall–Kier alpha value is -1.96. The molecule has 1 N–H and O–H groups in total. The monoisotopic (exact) mass is 430 g/mol. The number of nitrogens with zero attached hydrogens (tertiary/aromatic N) is 1. The molecule has 146 valence electrons. The number of carbonyl (C=O) groups is 1. The van der Waals surface area contributed by atoms with Gasteiger partial charge in [-0.25, -0.2) is 8.42 Å². The van der Waals surface area contributed by atoms with Gasteiger partial charge in [0.05, 0.1) is 34.8 Å². The molecule has 2 aromatic carbocycles. The van der Waals surface area contributed by atoms with Gasteiger partial charge in [-0.05, 0) is 36.8 Å². The largest absolute Gasteiger partial charge is 0.495 e. The molecule has 1 atom stereocenters. The van der Waals surface area contributed by atoms with Crippen LogP contribution in [0, 0.1) is 0 Å². The minimum atomic E-state index is -3.77. The van der Waals surface area contributed by atoms with Gasteiger partial charge in [0.25, 0.3) is 0 Å². The predicted molar refractivity (Wildman–Crippen MR) is 109 cm³/mol. The van der Waals surface area contributed by atoms with Crippen LogP contribution in [-0.2, 0) is 14.8 Å². The first kappa shape index (κ1) is 21.3. The third-order valence-corrected chi connectivity index (χ3v) is 5.66. The lowest BCUT2D eigenvalue weighted by atomic mass is 10.1. The molecule has 0 fully saturated rings. The standard InChI is InChI=1S/C18H20Cl2N2O4S/c1-4-16(18(23)21-15-8-6-5-7-13(15)19)22(27(3,24)25)12-9-10-17(26-2)14(20)11-12/h5-11,16H,4H2,1-3H3,(H,21,23)/t16-/m0/s1. The molecule has 6 nitrogen and oxygen atoms in total. The highest BCUT2D eigenvalue weighted by atomic mass is 35.5. The SMILES string of the molecule is CC[C@@H](C(=O)Nc1ccccc1Cl)N(c1ccc(OC)c(Cl)c1)S(C)(=O)=O. The number of carbonyl (C=O) groups excluding carboxylic acids is 1. The second-order valence-corrected chi connectivity index (χ2v) is 8.44. The van der Waals surface area contributed by atoms with Crippen LogP contribution >= 0.6 is 23.2 Å².